The van der Waals surface area contributed by atoms with E-state index in [0.29, 0.717) is 6.54 Å². The Balaban J connectivity index is 1.46. The minimum Gasteiger partial charge on any atom is -0.352 e. The molecule has 152 valence electrons. The van der Waals surface area contributed by atoms with Gasteiger partial charge in [0.2, 0.25) is 0 Å². The quantitative estimate of drug-likeness (QED) is 0.568. The van der Waals surface area contributed by atoms with Crippen LogP contribution in [0.1, 0.15) is 59.2 Å². The molecule has 1 aliphatic rings. The fourth-order valence-electron chi connectivity index (χ4n) is 4.60. The molecular weight excluding hydrogens is 356 g/mol. The van der Waals surface area contributed by atoms with Crippen molar-refractivity contribution in [1.29, 1.82) is 0 Å². The van der Waals surface area contributed by atoms with E-state index >= 15 is 0 Å². The zero-order valence-corrected chi connectivity index (χ0v) is 17.7. The van der Waals surface area contributed by atoms with Gasteiger partial charge >= 0.3 is 0 Å². The third kappa shape index (κ3) is 4.72. The van der Waals surface area contributed by atoms with Crippen LogP contribution in [0.5, 0.6) is 0 Å². The Bertz CT molecular complexity index is 978. The molecule has 0 spiro atoms. The van der Waals surface area contributed by atoms with Crippen LogP contribution >= 0.6 is 0 Å². The molecule has 1 fully saturated rings. The van der Waals surface area contributed by atoms with Gasteiger partial charge in [0.05, 0.1) is 0 Å². The first-order chi connectivity index (χ1) is 14.1. The number of amides is 1. The van der Waals surface area contributed by atoms with Crippen LogP contribution in [0.4, 0.5) is 0 Å². The number of nitrogens with one attached hydrogen (secondary N) is 1. The molecular formula is C26H32N2O. The van der Waals surface area contributed by atoms with Gasteiger partial charge in [0, 0.05) is 35.8 Å². The maximum atomic E-state index is 12.4. The molecule has 1 N–H and O–H groups in total. The Hall–Kier alpha value is -2.55. The number of fused-ring (bicyclic) bond motifs is 1. The van der Waals surface area contributed by atoms with Crippen LogP contribution in [0.3, 0.4) is 0 Å². The molecule has 3 heteroatoms. The monoisotopic (exact) mass is 388 g/mol. The molecule has 4 rings (SSSR count). The normalized spacial score (nSPS) is 15.0. The summed E-state index contributed by atoms with van der Waals surface area (Å²) < 4.78 is 2.46. The van der Waals surface area contributed by atoms with Crippen LogP contribution in [0.2, 0.25) is 0 Å². The number of benzene rings is 2. The van der Waals surface area contributed by atoms with Gasteiger partial charge in [0.1, 0.15) is 0 Å². The smallest absolute Gasteiger partial charge is 0.251 e. The van der Waals surface area contributed by atoms with E-state index in [1.165, 1.54) is 59.7 Å². The van der Waals surface area contributed by atoms with Gasteiger partial charge in [-0.3, -0.25) is 4.79 Å². The first-order valence-electron chi connectivity index (χ1n) is 11.0. The molecule has 3 nitrogen and oxygen atoms in total. The Morgan fingerprint density at radius 1 is 1.00 bits per heavy atom. The van der Waals surface area contributed by atoms with Gasteiger partial charge in [-0.15, -0.1) is 0 Å². The van der Waals surface area contributed by atoms with E-state index in [1.54, 1.807) is 0 Å². The van der Waals surface area contributed by atoms with Crippen LogP contribution in [0, 0.1) is 19.8 Å². The lowest BCUT2D eigenvalue weighted by Crippen LogP contribution is -2.25. The van der Waals surface area contributed by atoms with Gasteiger partial charge in [-0.2, -0.15) is 0 Å². The zero-order chi connectivity index (χ0) is 20.2. The molecule has 29 heavy (non-hydrogen) atoms. The molecule has 3 aromatic rings. The molecule has 1 amide bonds. The highest BCUT2D eigenvalue weighted by atomic mass is 16.1. The molecule has 0 bridgehead atoms. The molecule has 1 saturated carbocycles. The zero-order valence-electron chi connectivity index (χ0n) is 17.7. The number of hydrogen-bond acceptors (Lipinski definition) is 1. The summed E-state index contributed by atoms with van der Waals surface area (Å²) in [5.74, 6) is 0.807. The van der Waals surface area contributed by atoms with Crippen molar-refractivity contribution >= 4 is 16.8 Å². The summed E-state index contributed by atoms with van der Waals surface area (Å²) in [4.78, 5) is 12.4. The Morgan fingerprint density at radius 3 is 2.48 bits per heavy atom. The van der Waals surface area contributed by atoms with Crippen molar-refractivity contribution in [3.05, 3.63) is 70.9 Å². The van der Waals surface area contributed by atoms with Crippen molar-refractivity contribution in [1.82, 2.24) is 9.88 Å². The van der Waals surface area contributed by atoms with Gasteiger partial charge in [-0.05, 0) is 68.9 Å². The van der Waals surface area contributed by atoms with Crippen molar-refractivity contribution in [3.8, 4) is 0 Å². The minimum absolute atomic E-state index is 0.00660. The summed E-state index contributed by atoms with van der Waals surface area (Å²) in [7, 11) is 0. The number of aromatic nitrogens is 1. The molecule has 1 aromatic heterocycles. The lowest BCUT2D eigenvalue weighted by molar-refractivity contribution is 0.0954. The van der Waals surface area contributed by atoms with Gasteiger partial charge in [0.15, 0.2) is 0 Å². The first-order valence-corrected chi connectivity index (χ1v) is 11.0. The van der Waals surface area contributed by atoms with Crippen LogP contribution in [-0.4, -0.2) is 17.0 Å². The second kappa shape index (κ2) is 8.86. The summed E-state index contributed by atoms with van der Waals surface area (Å²) in [6, 6.07) is 14.5. The van der Waals surface area contributed by atoms with E-state index < -0.39 is 0 Å². The lowest BCUT2D eigenvalue weighted by Gasteiger charge is -2.22. The summed E-state index contributed by atoms with van der Waals surface area (Å²) >= 11 is 0. The van der Waals surface area contributed by atoms with Crippen molar-refractivity contribution in [2.45, 2.75) is 58.9 Å². The van der Waals surface area contributed by atoms with Gasteiger partial charge in [-0.25, -0.2) is 0 Å². The molecule has 0 saturated heterocycles. The van der Waals surface area contributed by atoms with Crippen LogP contribution < -0.4 is 5.32 Å². The van der Waals surface area contributed by atoms with Crippen molar-refractivity contribution < 1.29 is 4.79 Å². The standard InChI is InChI=1S/C26H32N2O/c1-19-8-11-22(12-9-19)26(29)27-15-14-23-18-28(17-21-6-4-3-5-7-21)25-13-10-20(2)16-24(23)25/h8-13,16,18,21H,3-7,14-15,17H2,1-2H3,(H,27,29). The average Bonchev–Trinajstić information content (AvgIpc) is 3.05. The summed E-state index contributed by atoms with van der Waals surface area (Å²) in [5, 5.41) is 4.43. The van der Waals surface area contributed by atoms with Crippen molar-refractivity contribution in [3.63, 3.8) is 0 Å². The maximum Gasteiger partial charge on any atom is 0.251 e. The molecule has 0 unspecified atom stereocenters. The van der Waals surface area contributed by atoms with Gasteiger partial charge < -0.3 is 9.88 Å². The number of carbonyl (C=O) groups excluding carboxylic acids is 1. The van der Waals surface area contributed by atoms with E-state index in [9.17, 15) is 4.79 Å². The SMILES string of the molecule is Cc1ccc(C(=O)NCCc2cn(CC3CCCCC3)c3ccc(C)cc23)cc1. The van der Waals surface area contributed by atoms with Crippen LogP contribution in [-0.2, 0) is 13.0 Å². The number of nitrogens with zero attached hydrogens (tertiary/aromatic N) is 1. The largest absolute Gasteiger partial charge is 0.352 e. The second-order valence-electron chi connectivity index (χ2n) is 8.70. The number of rotatable bonds is 6. The Kier molecular flexibility index (Phi) is 6.03. The molecule has 0 atom stereocenters. The highest BCUT2D eigenvalue weighted by Crippen LogP contribution is 2.29. The molecule has 1 heterocycles. The topological polar surface area (TPSA) is 34.0 Å². The predicted molar refractivity (Wildman–Crippen MR) is 120 cm³/mol. The van der Waals surface area contributed by atoms with Crippen LogP contribution in [0.15, 0.2) is 48.7 Å². The van der Waals surface area contributed by atoms with Gasteiger partial charge in [0.25, 0.3) is 5.91 Å². The van der Waals surface area contributed by atoms with E-state index in [0.717, 1.165) is 24.4 Å². The van der Waals surface area contributed by atoms with Gasteiger partial charge in [-0.1, -0.05) is 48.6 Å². The third-order valence-electron chi connectivity index (χ3n) is 6.29. The molecule has 1 aliphatic carbocycles. The minimum atomic E-state index is 0.00660. The third-order valence-corrected chi connectivity index (χ3v) is 6.29. The van der Waals surface area contributed by atoms with E-state index in [4.69, 9.17) is 0 Å². The van der Waals surface area contributed by atoms with Crippen LogP contribution in [0.25, 0.3) is 10.9 Å². The lowest BCUT2D eigenvalue weighted by atomic mass is 9.89. The van der Waals surface area contributed by atoms with E-state index in [-0.39, 0.29) is 5.91 Å². The Morgan fingerprint density at radius 2 is 1.72 bits per heavy atom. The average molecular weight is 389 g/mol. The fourth-order valence-corrected chi connectivity index (χ4v) is 4.60. The predicted octanol–water partition coefficient (Wildman–Crippen LogP) is 5.81. The highest BCUT2D eigenvalue weighted by Gasteiger charge is 2.16. The summed E-state index contributed by atoms with van der Waals surface area (Å²) in [5.41, 5.74) is 5.86. The highest BCUT2D eigenvalue weighted by molar-refractivity contribution is 5.94. The van der Waals surface area contributed by atoms with Crippen molar-refractivity contribution in [2.75, 3.05) is 6.54 Å². The number of hydrogen-bond donors (Lipinski definition) is 1. The first kappa shape index (κ1) is 19.8. The van der Waals surface area contributed by atoms with E-state index in [1.807, 2.05) is 31.2 Å². The number of aryl methyl sites for hydroxylation is 2. The molecule has 2 aromatic carbocycles. The molecule has 0 radical (unpaired) electrons. The van der Waals surface area contributed by atoms with Crippen molar-refractivity contribution in [2.24, 2.45) is 5.92 Å². The number of carbonyl (C=O) groups is 1. The summed E-state index contributed by atoms with van der Waals surface area (Å²) in [6.07, 6.45) is 10.0. The molecule has 0 aliphatic heterocycles. The summed E-state index contributed by atoms with van der Waals surface area (Å²) in [6.45, 7) is 5.96. The van der Waals surface area contributed by atoms with E-state index in [2.05, 4.69) is 41.2 Å². The maximum absolute atomic E-state index is 12.4. The second-order valence-corrected chi connectivity index (χ2v) is 8.70. The Labute approximate surface area is 174 Å². The fraction of sp³-hybridized carbons (Fsp3) is 0.423.